The van der Waals surface area contributed by atoms with Crippen LogP contribution in [0.15, 0.2) is 36.6 Å². The molecule has 9 heteroatoms. The van der Waals surface area contributed by atoms with Crippen LogP contribution in [0.2, 0.25) is 0 Å². The molecule has 0 saturated heterocycles. The highest BCUT2D eigenvalue weighted by Crippen LogP contribution is 2.36. The predicted molar refractivity (Wildman–Crippen MR) is 116 cm³/mol. The van der Waals surface area contributed by atoms with Crippen molar-refractivity contribution in [2.45, 2.75) is 39.3 Å². The molecule has 172 valence electrons. The van der Waals surface area contributed by atoms with Gasteiger partial charge in [0.15, 0.2) is 17.3 Å². The van der Waals surface area contributed by atoms with Crippen molar-refractivity contribution in [2.24, 2.45) is 11.8 Å². The molecule has 1 aromatic carbocycles. The average molecular weight is 437 g/mol. The van der Waals surface area contributed by atoms with Gasteiger partial charge in [0.25, 0.3) is 0 Å². The van der Waals surface area contributed by atoms with E-state index in [0.717, 1.165) is 6.42 Å². The number of phenols is 3. The van der Waals surface area contributed by atoms with E-state index in [2.05, 4.69) is 17.2 Å². The van der Waals surface area contributed by atoms with Gasteiger partial charge < -0.3 is 36.2 Å². The minimum atomic E-state index is -1.15. The number of rotatable bonds is 13. The number of aromatic hydroxyl groups is 3. The highest BCUT2D eigenvalue weighted by Gasteiger charge is 2.29. The molecule has 0 aliphatic rings. The normalized spacial score (nSPS) is 14.2. The van der Waals surface area contributed by atoms with E-state index in [1.807, 2.05) is 19.1 Å². The first-order valence-corrected chi connectivity index (χ1v) is 10.0. The summed E-state index contributed by atoms with van der Waals surface area (Å²) < 4.78 is 0. The summed E-state index contributed by atoms with van der Waals surface area (Å²) in [5.74, 6) is -3.96. The topological polar surface area (TPSA) is 159 Å². The van der Waals surface area contributed by atoms with Crippen molar-refractivity contribution in [3.63, 3.8) is 0 Å². The predicted octanol–water partition coefficient (Wildman–Crippen LogP) is 1.62. The van der Waals surface area contributed by atoms with Crippen molar-refractivity contribution in [3.8, 4) is 17.2 Å². The summed E-state index contributed by atoms with van der Waals surface area (Å²) in [4.78, 5) is 25.1. The Bertz CT molecular complexity index is 807. The number of ketones is 1. The molecule has 0 aromatic heterocycles. The van der Waals surface area contributed by atoms with Gasteiger partial charge in [0, 0.05) is 18.0 Å². The van der Waals surface area contributed by atoms with Crippen molar-refractivity contribution in [1.82, 2.24) is 10.6 Å². The maximum atomic E-state index is 12.7. The number of allylic oxidation sites excluding steroid dienone is 3. The number of hydrogen-bond acceptors (Lipinski definition) is 8. The van der Waals surface area contributed by atoms with Crippen LogP contribution in [0.4, 0.5) is 0 Å². The van der Waals surface area contributed by atoms with Gasteiger partial charge in [0.1, 0.15) is 6.04 Å². The van der Waals surface area contributed by atoms with Crippen molar-refractivity contribution < 1.29 is 35.1 Å². The molecule has 0 bridgehead atoms. The average Bonchev–Trinajstić information content (AvgIpc) is 2.74. The molecule has 3 atom stereocenters. The maximum absolute atomic E-state index is 12.7. The monoisotopic (exact) mass is 436 g/mol. The van der Waals surface area contributed by atoms with Gasteiger partial charge in [0.05, 0.1) is 24.8 Å². The Morgan fingerprint density at radius 2 is 1.84 bits per heavy atom. The number of benzene rings is 1. The van der Waals surface area contributed by atoms with E-state index in [-0.39, 0.29) is 24.4 Å². The third-order valence-electron chi connectivity index (χ3n) is 4.97. The number of hydrogen-bond donors (Lipinski definition) is 7. The zero-order valence-corrected chi connectivity index (χ0v) is 17.8. The van der Waals surface area contributed by atoms with E-state index < -0.39 is 53.4 Å². The van der Waals surface area contributed by atoms with Gasteiger partial charge in [-0.2, -0.15) is 0 Å². The Morgan fingerprint density at radius 1 is 1.16 bits per heavy atom. The third kappa shape index (κ3) is 7.62. The number of amides is 1. The Balaban J connectivity index is 2.73. The lowest BCUT2D eigenvalue weighted by Gasteiger charge is -2.24. The molecular weight excluding hydrogens is 404 g/mol. The molecule has 9 nitrogen and oxygen atoms in total. The highest BCUT2D eigenvalue weighted by molar-refractivity contribution is 5.91. The Labute approximate surface area is 181 Å². The van der Waals surface area contributed by atoms with E-state index in [1.165, 1.54) is 12.1 Å². The molecule has 0 spiro atoms. The summed E-state index contributed by atoms with van der Waals surface area (Å²) in [5.41, 5.74) is 0.255. The minimum absolute atomic E-state index is 0.00329. The van der Waals surface area contributed by atoms with Crippen LogP contribution in [0.5, 0.6) is 17.2 Å². The molecule has 0 aliphatic heterocycles. The van der Waals surface area contributed by atoms with Crippen LogP contribution in [0.3, 0.4) is 0 Å². The van der Waals surface area contributed by atoms with Gasteiger partial charge in [-0.15, -0.1) is 0 Å². The van der Waals surface area contributed by atoms with Crippen molar-refractivity contribution in [1.29, 1.82) is 0 Å². The molecule has 0 fully saturated rings. The second-order valence-electron chi connectivity index (χ2n) is 7.26. The number of nitrogens with one attached hydrogen (secondary N) is 2. The van der Waals surface area contributed by atoms with Crippen LogP contribution in [-0.4, -0.2) is 56.4 Å². The van der Waals surface area contributed by atoms with Gasteiger partial charge in [-0.1, -0.05) is 38.6 Å². The zero-order chi connectivity index (χ0) is 23.6. The molecule has 0 radical (unpaired) electrons. The second kappa shape index (κ2) is 12.6. The van der Waals surface area contributed by atoms with Crippen LogP contribution in [0.1, 0.15) is 32.3 Å². The van der Waals surface area contributed by atoms with Gasteiger partial charge in [-0.25, -0.2) is 0 Å². The second-order valence-corrected chi connectivity index (χ2v) is 7.26. The quantitative estimate of drug-likeness (QED) is 0.140. The van der Waals surface area contributed by atoms with Gasteiger partial charge in [-0.05, 0) is 18.9 Å². The summed E-state index contributed by atoms with van der Waals surface area (Å²) in [6.45, 7) is 6.26. The fourth-order valence-electron chi connectivity index (χ4n) is 2.88. The molecule has 1 aromatic rings. The molecule has 31 heavy (non-hydrogen) atoms. The first-order valence-electron chi connectivity index (χ1n) is 10.0. The van der Waals surface area contributed by atoms with Gasteiger partial charge >= 0.3 is 0 Å². The summed E-state index contributed by atoms with van der Waals surface area (Å²) in [7, 11) is 0. The number of Topliss-reactive ketones (excluding diaryl/α,β-unsaturated/α-hetero) is 1. The lowest BCUT2D eigenvalue weighted by atomic mass is 9.88. The minimum Gasteiger partial charge on any atom is -0.513 e. The van der Waals surface area contributed by atoms with E-state index in [1.54, 1.807) is 6.92 Å². The number of carbonyl (C=O) groups excluding carboxylic acids is 2. The Hall–Kier alpha value is -3.04. The standard InChI is InChI=1S/C22H32N2O7/c1-4-5-6-7-16(13(2)14(3)26)22(31)24-17(12-25)19(28)11-23-10-15-8-9-18(27)21(30)20(15)29/h5-6,8-9,13,16-17,23,25-27,29-30H,3-4,7,10-12H2,1-2H3,(H,24,31)/b6-5+. The van der Waals surface area contributed by atoms with Crippen molar-refractivity contribution in [2.75, 3.05) is 13.2 Å². The molecule has 7 N–H and O–H groups in total. The van der Waals surface area contributed by atoms with Gasteiger partial charge in [-0.3, -0.25) is 9.59 Å². The number of aliphatic hydroxyl groups is 2. The van der Waals surface area contributed by atoms with E-state index in [4.69, 9.17) is 0 Å². The van der Waals surface area contributed by atoms with E-state index in [9.17, 15) is 35.1 Å². The highest BCUT2D eigenvalue weighted by atomic mass is 16.3. The maximum Gasteiger partial charge on any atom is 0.224 e. The van der Waals surface area contributed by atoms with Crippen LogP contribution < -0.4 is 10.6 Å². The molecular formula is C22H32N2O7. The fraction of sp³-hybridized carbons (Fsp3) is 0.455. The first kappa shape index (κ1) is 26.0. The van der Waals surface area contributed by atoms with Crippen LogP contribution in [-0.2, 0) is 16.1 Å². The summed E-state index contributed by atoms with van der Waals surface area (Å²) in [5, 5.41) is 53.2. The Morgan fingerprint density at radius 3 is 2.42 bits per heavy atom. The molecule has 3 unspecified atom stereocenters. The smallest absolute Gasteiger partial charge is 0.224 e. The first-order chi connectivity index (χ1) is 14.6. The number of aliphatic hydroxyl groups excluding tert-OH is 2. The summed E-state index contributed by atoms with van der Waals surface area (Å²) >= 11 is 0. The molecule has 1 amide bonds. The van der Waals surface area contributed by atoms with Crippen molar-refractivity contribution in [3.05, 3.63) is 42.2 Å². The molecule has 1 rings (SSSR count). The van der Waals surface area contributed by atoms with Crippen LogP contribution in [0, 0.1) is 11.8 Å². The lowest BCUT2D eigenvalue weighted by Crippen LogP contribution is -2.49. The summed E-state index contributed by atoms with van der Waals surface area (Å²) in [6, 6.07) is 1.43. The number of carbonyl (C=O) groups is 2. The van der Waals surface area contributed by atoms with E-state index >= 15 is 0 Å². The molecule has 0 heterocycles. The SMILES string of the molecule is C=C(O)C(C)C(C/C=C/CC)C(=O)NC(CO)C(=O)CNCc1ccc(O)c(O)c1O. The zero-order valence-electron chi connectivity index (χ0n) is 17.8. The molecule has 0 aliphatic carbocycles. The summed E-state index contributed by atoms with van der Waals surface area (Å²) in [6.07, 6.45) is 4.85. The van der Waals surface area contributed by atoms with Crippen molar-refractivity contribution >= 4 is 11.7 Å². The van der Waals surface area contributed by atoms with Crippen LogP contribution in [0.25, 0.3) is 0 Å². The fourth-order valence-corrected chi connectivity index (χ4v) is 2.88. The van der Waals surface area contributed by atoms with E-state index in [0.29, 0.717) is 6.42 Å². The number of phenolic OH excluding ortho intramolecular Hbond substituents is 3. The lowest BCUT2D eigenvalue weighted by molar-refractivity contribution is -0.131. The molecule has 0 saturated carbocycles. The van der Waals surface area contributed by atoms with Gasteiger partial charge in [0.2, 0.25) is 11.7 Å². The largest absolute Gasteiger partial charge is 0.513 e. The Kier molecular flexibility index (Phi) is 10.6. The van der Waals surface area contributed by atoms with Crippen LogP contribution >= 0.6 is 0 Å². The third-order valence-corrected chi connectivity index (χ3v) is 4.97.